The van der Waals surface area contributed by atoms with Gasteiger partial charge in [0.2, 0.25) is 0 Å². The number of hydrazine groups is 2. The Bertz CT molecular complexity index is 3970. The van der Waals surface area contributed by atoms with Crippen LogP contribution in [0.5, 0.6) is 0 Å². The SMILES string of the molecule is CC(C)(C)OC(=O)NC1CCN(Cc2cc(Cl)nc3cc(Br)ccc23)C1.CC(C)(C)OC(=O)NC1CCNC1.CC1=C(C)C(=O)N(Nc2cc(CN3CCC(NC(=O)OC(C)(C)C)C3)c3ccc(Br)cc3n2)C1=O.CC1=C(C)C(=O)OC1=O.ClCc1cc(Cl)nc2cc(Br)ccc12.NN.O. The minimum Gasteiger partial charge on any atom is -0.444 e. The first-order chi connectivity index (χ1) is 46.4. The molecule has 5 aliphatic heterocycles. The van der Waals surface area contributed by atoms with E-state index in [1.54, 1.807) is 33.8 Å². The molecule has 3 aromatic carbocycles. The highest BCUT2D eigenvalue weighted by atomic mass is 79.9. The number of rotatable bonds is 10. The number of halogens is 6. The normalized spacial score (nSPS) is 17.7. The van der Waals surface area contributed by atoms with Crippen LogP contribution in [0.4, 0.5) is 20.2 Å². The van der Waals surface area contributed by atoms with Crippen LogP contribution in [0.3, 0.4) is 0 Å². The molecule has 8 heterocycles. The molecule has 0 saturated carbocycles. The van der Waals surface area contributed by atoms with Gasteiger partial charge in [0.1, 0.15) is 32.9 Å². The minimum atomic E-state index is -0.541. The summed E-state index contributed by atoms with van der Waals surface area (Å²) >= 11 is 28.3. The van der Waals surface area contributed by atoms with Crippen LogP contribution < -0.4 is 38.4 Å². The lowest BCUT2D eigenvalue weighted by molar-refractivity contribution is -0.151. The monoisotopic (exact) mass is 1630 g/mol. The van der Waals surface area contributed by atoms with Gasteiger partial charge in [-0.2, -0.15) is 5.01 Å². The second-order valence-electron chi connectivity index (χ2n) is 26.8. The van der Waals surface area contributed by atoms with Crippen molar-refractivity contribution in [3.63, 3.8) is 0 Å². The van der Waals surface area contributed by atoms with Crippen molar-refractivity contribution >= 4 is 163 Å². The smallest absolute Gasteiger partial charge is 0.407 e. The molecule has 25 nitrogen and oxygen atoms in total. The van der Waals surface area contributed by atoms with E-state index in [0.29, 0.717) is 57.4 Å². The molecule has 0 radical (unpaired) electrons. The van der Waals surface area contributed by atoms with Gasteiger partial charge >= 0.3 is 30.2 Å². The summed E-state index contributed by atoms with van der Waals surface area (Å²) in [5.74, 6) is 7.08. The molecule has 3 unspecified atom stereocenters. The van der Waals surface area contributed by atoms with Crippen molar-refractivity contribution in [3.8, 4) is 0 Å². The molecule has 6 aromatic rings. The molecule has 31 heteroatoms. The first kappa shape index (κ1) is 84.0. The van der Waals surface area contributed by atoms with Gasteiger partial charge in [-0.25, -0.2) is 38.9 Å². The Hall–Kier alpha value is -6.67. The van der Waals surface area contributed by atoms with Crippen LogP contribution in [-0.4, -0.2) is 151 Å². The number of nitrogens with two attached hydrogens (primary N) is 2. The molecule has 3 atom stereocenters. The third-order valence-electron chi connectivity index (χ3n) is 15.4. The van der Waals surface area contributed by atoms with Crippen LogP contribution >= 0.6 is 82.6 Å². The molecule has 3 fully saturated rings. The van der Waals surface area contributed by atoms with Crippen LogP contribution in [0.15, 0.2) is 109 Å². The van der Waals surface area contributed by atoms with Crippen molar-refractivity contribution in [2.45, 2.75) is 163 Å². The zero-order valence-electron chi connectivity index (χ0n) is 58.2. The van der Waals surface area contributed by atoms with E-state index in [4.69, 9.17) is 49.0 Å². The summed E-state index contributed by atoms with van der Waals surface area (Å²) in [5, 5.41) is 17.0. The number of carbonyl (C=O) groups is 7. The van der Waals surface area contributed by atoms with Crippen LogP contribution in [0.1, 0.15) is 126 Å². The molecular weight excluding hydrogens is 1550 g/mol. The van der Waals surface area contributed by atoms with Gasteiger partial charge in [-0.3, -0.25) is 36.5 Å². The number of likely N-dealkylation sites (tertiary alicyclic amines) is 2. The number of amides is 5. The number of benzene rings is 3. The van der Waals surface area contributed by atoms with Crippen molar-refractivity contribution in [3.05, 3.63) is 136 Å². The third-order valence-corrected chi connectivity index (χ3v) is 17.6. The lowest BCUT2D eigenvalue weighted by atomic mass is 10.1. The number of cyclic esters (lactones) is 2. The van der Waals surface area contributed by atoms with Crippen LogP contribution in [-0.2, 0) is 57.1 Å². The second-order valence-corrected chi connectivity index (χ2v) is 30.6. The average molecular weight is 1640 g/mol. The highest BCUT2D eigenvalue weighted by molar-refractivity contribution is 9.11. The molecular formula is C69H89Br3Cl3N13O12. The Balaban J connectivity index is 0.000000242. The van der Waals surface area contributed by atoms with E-state index in [-0.39, 0.29) is 47.6 Å². The molecule has 0 aliphatic carbocycles. The molecule has 11 rings (SSSR count). The average Bonchev–Trinajstić information content (AvgIpc) is 1.52. The molecule has 11 N–H and O–H groups in total. The van der Waals surface area contributed by atoms with Crippen LogP contribution in [0.2, 0.25) is 10.3 Å². The summed E-state index contributed by atoms with van der Waals surface area (Å²) in [5.41, 5.74) is 8.79. The number of anilines is 1. The number of carbonyl (C=O) groups excluding carboxylic acids is 7. The van der Waals surface area contributed by atoms with Crippen molar-refractivity contribution in [2.24, 2.45) is 11.7 Å². The number of aromatic nitrogens is 3. The molecule has 5 amide bonds. The number of esters is 2. The Morgan fingerprint density at radius 2 is 0.930 bits per heavy atom. The second kappa shape index (κ2) is 37.5. The van der Waals surface area contributed by atoms with Gasteiger partial charge in [0, 0.05) is 122 Å². The first-order valence-corrected chi connectivity index (χ1v) is 35.5. The fourth-order valence-electron chi connectivity index (χ4n) is 10.6. The standard InChI is InChI=1S/C25H30BrN5O4.C19H23BrClN3O2.C10H6BrCl2N.C9H18N2O2.C6H6O3.H4N2.H2O/c1-14-15(2)23(33)31(22(14)32)29-21-10-16(19-7-6-17(26)11-20(19)28-21)12-30-9-8-18(13-30)27-24(34)35-25(3,4)5;1-19(2,3)26-18(25)22-14-6-7-24(11-14)10-12-8-17(21)23-16-9-13(20)4-5-15(12)16;11-7-1-2-8-6(5-12)3-10(13)14-9(8)4-7;1-9(2,3)13-8(12)11-7-4-5-10-6-7;1-3-4(2)6(8)9-5(3)7;1-2;/h6-7,10-11,18H,8-9,12-13H2,1-5H3,(H,27,34)(H,28,29);4-5,8-9,14H,6-7,10-11H2,1-3H3,(H,22,25);1-4H,5H2;7,10H,4-6H2,1-3H3,(H,11,12);1-2H3;1-2H2;1H2. The Morgan fingerprint density at radius 3 is 1.29 bits per heavy atom. The molecule has 544 valence electrons. The number of hydrogen-bond donors (Lipinski definition) is 7. The van der Waals surface area contributed by atoms with Gasteiger partial charge in [0.15, 0.2) is 0 Å². The Labute approximate surface area is 622 Å². The largest absolute Gasteiger partial charge is 0.444 e. The number of alkyl halides is 1. The Kier molecular flexibility index (Phi) is 31.5. The van der Waals surface area contributed by atoms with E-state index in [2.05, 4.69) is 122 Å². The highest BCUT2D eigenvalue weighted by Gasteiger charge is 2.35. The van der Waals surface area contributed by atoms with Crippen LogP contribution in [0, 0.1) is 0 Å². The van der Waals surface area contributed by atoms with E-state index in [0.717, 1.165) is 126 Å². The van der Waals surface area contributed by atoms with Crippen molar-refractivity contribution in [1.82, 2.24) is 51.0 Å². The van der Waals surface area contributed by atoms with Crippen molar-refractivity contribution < 1.29 is 58.0 Å². The summed E-state index contributed by atoms with van der Waals surface area (Å²) in [6.07, 6.45) is 1.63. The van der Waals surface area contributed by atoms with Crippen molar-refractivity contribution in [1.29, 1.82) is 0 Å². The number of imide groups is 1. The third kappa shape index (κ3) is 25.7. The number of hydrogen-bond acceptors (Lipinski definition) is 20. The molecule has 0 spiro atoms. The number of pyridine rings is 3. The molecule has 5 aliphatic rings. The van der Waals surface area contributed by atoms with Gasteiger partial charge in [0.25, 0.3) is 11.8 Å². The predicted octanol–water partition coefficient (Wildman–Crippen LogP) is 12.5. The van der Waals surface area contributed by atoms with E-state index in [1.165, 1.54) is 0 Å². The van der Waals surface area contributed by atoms with Gasteiger partial charge in [-0.1, -0.05) is 89.2 Å². The summed E-state index contributed by atoms with van der Waals surface area (Å²) in [4.78, 5) is 99.2. The van der Waals surface area contributed by atoms with E-state index < -0.39 is 34.8 Å². The van der Waals surface area contributed by atoms with E-state index in [1.807, 2.05) is 123 Å². The molecule has 3 saturated heterocycles. The maximum atomic E-state index is 12.5. The maximum absolute atomic E-state index is 12.5. The van der Waals surface area contributed by atoms with Gasteiger partial charge < -0.3 is 45.7 Å². The molecule has 0 bridgehead atoms. The van der Waals surface area contributed by atoms with E-state index >= 15 is 0 Å². The van der Waals surface area contributed by atoms with Gasteiger partial charge in [-0.05, 0) is 187 Å². The molecule has 3 aromatic heterocycles. The first-order valence-electron chi connectivity index (χ1n) is 31.8. The maximum Gasteiger partial charge on any atom is 0.407 e. The minimum absolute atomic E-state index is 0. The zero-order valence-corrected chi connectivity index (χ0v) is 65.3. The number of fused-ring (bicyclic) bond motifs is 3. The van der Waals surface area contributed by atoms with E-state index in [9.17, 15) is 33.6 Å². The predicted molar refractivity (Wildman–Crippen MR) is 400 cm³/mol. The number of ether oxygens (including phenoxy) is 4. The lowest BCUT2D eigenvalue weighted by Crippen LogP contribution is -2.40. The fraction of sp³-hybridized carbons (Fsp3) is 0.449. The van der Waals surface area contributed by atoms with Crippen LogP contribution in [0.25, 0.3) is 32.7 Å². The zero-order chi connectivity index (χ0) is 73.4. The lowest BCUT2D eigenvalue weighted by Gasteiger charge is -2.22. The number of nitrogens with zero attached hydrogens (tertiary/aromatic N) is 6. The van der Waals surface area contributed by atoms with Gasteiger partial charge in [-0.15, -0.1) is 11.6 Å². The quantitative estimate of drug-likeness (QED) is 0.00979. The Morgan fingerprint density at radius 1 is 0.560 bits per heavy atom. The highest BCUT2D eigenvalue weighted by Crippen LogP contribution is 2.31. The summed E-state index contributed by atoms with van der Waals surface area (Å²) < 4.78 is 22.9. The summed E-state index contributed by atoms with van der Waals surface area (Å²) in [6, 6.07) is 23.7. The van der Waals surface area contributed by atoms with Gasteiger partial charge in [0.05, 0.1) is 16.6 Å². The topological polar surface area (TPSA) is 348 Å². The molecule has 100 heavy (non-hydrogen) atoms. The summed E-state index contributed by atoms with van der Waals surface area (Å²) in [6.45, 7) is 29.6. The fourth-order valence-corrected chi connectivity index (χ4v) is 12.3. The van der Waals surface area contributed by atoms with Crippen molar-refractivity contribution in [2.75, 3.05) is 44.7 Å². The number of nitrogens with one attached hydrogen (secondary N) is 5. The number of alkyl carbamates (subject to hydrolysis) is 3. The summed E-state index contributed by atoms with van der Waals surface area (Å²) in [7, 11) is 0.